The molecule has 0 aromatic rings. The van der Waals surface area contributed by atoms with Crippen LogP contribution < -0.4 is 10.9 Å². The fraction of sp³-hybridized carbons (Fsp3) is 0.824. The molecule has 0 rings (SSSR count). The molecule has 0 aliphatic carbocycles. The molecule has 0 spiro atoms. The van der Waals surface area contributed by atoms with Crippen LogP contribution in [0.3, 0.4) is 0 Å². The van der Waals surface area contributed by atoms with E-state index in [0.29, 0.717) is 0 Å². The molecule has 4 heteroatoms. The topological polar surface area (TPSA) is 61.4 Å². The van der Waals surface area contributed by atoms with Gasteiger partial charge in [0.1, 0.15) is 0 Å². The van der Waals surface area contributed by atoms with Gasteiger partial charge in [0.05, 0.1) is 0 Å². The molecule has 124 valence electrons. The lowest BCUT2D eigenvalue weighted by atomic mass is 10.0. The summed E-state index contributed by atoms with van der Waals surface area (Å²) in [7, 11) is 0. The molecule has 0 saturated carbocycles. The highest BCUT2D eigenvalue weighted by Crippen LogP contribution is 2.13. The Morgan fingerprint density at radius 3 is 2.19 bits per heavy atom. The number of hydrazine groups is 1. The third-order valence-electron chi connectivity index (χ3n) is 3.75. The highest BCUT2D eigenvalue weighted by Gasteiger charge is 2.08. The van der Waals surface area contributed by atoms with Crippen molar-refractivity contribution in [2.24, 2.45) is 0 Å². The number of unbranched alkanes of at least 4 members (excludes halogenated alkanes) is 8. The monoisotopic (exact) mass is 298 g/mol. The van der Waals surface area contributed by atoms with E-state index in [0.717, 1.165) is 25.7 Å². The van der Waals surface area contributed by atoms with E-state index < -0.39 is 6.09 Å². The van der Waals surface area contributed by atoms with Gasteiger partial charge in [-0.15, -0.1) is 6.58 Å². The molecule has 0 aliphatic heterocycles. The largest absolute Gasteiger partial charge is 0.464 e. The molecular weight excluding hydrogens is 264 g/mol. The van der Waals surface area contributed by atoms with Gasteiger partial charge in [-0.1, -0.05) is 64.4 Å². The van der Waals surface area contributed by atoms with E-state index in [1.807, 2.05) is 6.08 Å². The van der Waals surface area contributed by atoms with Crippen LogP contribution >= 0.6 is 0 Å². The summed E-state index contributed by atoms with van der Waals surface area (Å²) in [5.41, 5.74) is 5.20. The van der Waals surface area contributed by atoms with Crippen LogP contribution in [0.2, 0.25) is 0 Å². The Hall–Kier alpha value is -1.03. The molecule has 0 aromatic heterocycles. The van der Waals surface area contributed by atoms with Gasteiger partial charge in [-0.3, -0.25) is 5.43 Å². The van der Waals surface area contributed by atoms with Crippen LogP contribution in [0.1, 0.15) is 84.0 Å². The predicted octanol–water partition coefficient (Wildman–Crippen LogP) is 5.01. The minimum absolute atomic E-state index is 0.237. The summed E-state index contributed by atoms with van der Waals surface area (Å²) < 4.78 is 0. The normalized spacial score (nSPS) is 12.0. The number of amides is 1. The van der Waals surface area contributed by atoms with Gasteiger partial charge in [0.25, 0.3) is 0 Å². The van der Waals surface area contributed by atoms with Crippen LogP contribution in [0.4, 0.5) is 4.79 Å². The van der Waals surface area contributed by atoms with Gasteiger partial charge in [-0.25, -0.2) is 10.2 Å². The summed E-state index contributed by atoms with van der Waals surface area (Å²) in [6, 6.07) is 0.237. The number of allylic oxidation sites excluding steroid dienone is 1. The minimum Gasteiger partial charge on any atom is -0.464 e. The van der Waals surface area contributed by atoms with E-state index in [1.165, 1.54) is 51.4 Å². The van der Waals surface area contributed by atoms with Crippen molar-refractivity contribution in [1.29, 1.82) is 0 Å². The van der Waals surface area contributed by atoms with Gasteiger partial charge in [0.15, 0.2) is 0 Å². The number of hydrogen-bond donors (Lipinski definition) is 3. The molecule has 0 heterocycles. The van der Waals surface area contributed by atoms with E-state index in [9.17, 15) is 4.79 Å². The zero-order valence-electron chi connectivity index (χ0n) is 13.7. The lowest BCUT2D eigenvalue weighted by molar-refractivity contribution is 0.185. The standard InChI is InChI=1S/C17H34N2O2/c1-3-5-7-8-9-10-11-13-15-16(14-12-6-4-2)18-19-17(20)21/h4,16,18-19H,2-3,5-15H2,1H3,(H,20,21). The van der Waals surface area contributed by atoms with Crippen molar-refractivity contribution in [3.8, 4) is 0 Å². The van der Waals surface area contributed by atoms with Gasteiger partial charge in [-0.2, -0.15) is 0 Å². The maximum atomic E-state index is 10.5. The number of nitrogens with one attached hydrogen (secondary N) is 2. The molecule has 4 nitrogen and oxygen atoms in total. The second-order valence-corrected chi connectivity index (χ2v) is 5.75. The molecule has 0 fully saturated rings. The molecule has 0 saturated heterocycles. The van der Waals surface area contributed by atoms with Crippen molar-refractivity contribution in [3.05, 3.63) is 12.7 Å². The first-order valence-electron chi connectivity index (χ1n) is 8.56. The lowest BCUT2D eigenvalue weighted by Crippen LogP contribution is -2.43. The zero-order chi connectivity index (χ0) is 15.8. The van der Waals surface area contributed by atoms with Gasteiger partial charge in [-0.05, 0) is 25.7 Å². The molecule has 0 bridgehead atoms. The first kappa shape index (κ1) is 20.0. The van der Waals surface area contributed by atoms with Crippen LogP contribution in [-0.2, 0) is 0 Å². The molecule has 1 atom stereocenters. The number of carboxylic acid groups (broad SMARTS) is 1. The molecule has 21 heavy (non-hydrogen) atoms. The Kier molecular flexibility index (Phi) is 14.6. The van der Waals surface area contributed by atoms with Crippen LogP contribution in [0.5, 0.6) is 0 Å². The van der Waals surface area contributed by atoms with Crippen LogP contribution in [0.15, 0.2) is 12.7 Å². The first-order chi connectivity index (χ1) is 10.2. The second-order valence-electron chi connectivity index (χ2n) is 5.75. The average molecular weight is 298 g/mol. The minimum atomic E-state index is -1.01. The molecular formula is C17H34N2O2. The van der Waals surface area contributed by atoms with Crippen molar-refractivity contribution in [3.63, 3.8) is 0 Å². The van der Waals surface area contributed by atoms with Gasteiger partial charge < -0.3 is 5.11 Å². The summed E-state index contributed by atoms with van der Waals surface area (Å²) >= 11 is 0. The quantitative estimate of drug-likeness (QED) is 0.226. The summed E-state index contributed by atoms with van der Waals surface area (Å²) in [5, 5.41) is 8.66. The van der Waals surface area contributed by atoms with Crippen molar-refractivity contribution < 1.29 is 9.90 Å². The Morgan fingerprint density at radius 2 is 1.62 bits per heavy atom. The third-order valence-corrected chi connectivity index (χ3v) is 3.75. The van der Waals surface area contributed by atoms with Crippen LogP contribution in [0, 0.1) is 0 Å². The van der Waals surface area contributed by atoms with Crippen molar-refractivity contribution in [2.45, 2.75) is 90.0 Å². The Balaban J connectivity index is 3.63. The van der Waals surface area contributed by atoms with Crippen molar-refractivity contribution >= 4 is 6.09 Å². The molecule has 0 aliphatic rings. The smallest absolute Gasteiger partial charge is 0.419 e. The van der Waals surface area contributed by atoms with Gasteiger partial charge in [0, 0.05) is 6.04 Å². The molecule has 0 aromatic carbocycles. The first-order valence-corrected chi connectivity index (χ1v) is 8.56. The van der Waals surface area contributed by atoms with Crippen LogP contribution in [0.25, 0.3) is 0 Å². The van der Waals surface area contributed by atoms with Crippen molar-refractivity contribution in [2.75, 3.05) is 0 Å². The number of carbonyl (C=O) groups is 1. The maximum Gasteiger partial charge on any atom is 0.419 e. The maximum absolute atomic E-state index is 10.5. The van der Waals surface area contributed by atoms with E-state index >= 15 is 0 Å². The Bertz CT molecular complexity index is 257. The zero-order valence-corrected chi connectivity index (χ0v) is 13.7. The second kappa shape index (κ2) is 15.4. The van der Waals surface area contributed by atoms with Gasteiger partial charge in [0.2, 0.25) is 0 Å². The lowest BCUT2D eigenvalue weighted by Gasteiger charge is -2.18. The van der Waals surface area contributed by atoms with E-state index in [4.69, 9.17) is 5.11 Å². The van der Waals surface area contributed by atoms with E-state index in [1.54, 1.807) is 0 Å². The fourth-order valence-electron chi connectivity index (χ4n) is 2.49. The SMILES string of the molecule is C=CCCCC(CCCCCCCCCC)NNC(=O)O. The highest BCUT2D eigenvalue weighted by atomic mass is 16.4. The molecule has 1 amide bonds. The van der Waals surface area contributed by atoms with Crippen molar-refractivity contribution in [1.82, 2.24) is 10.9 Å². The molecule has 1 unspecified atom stereocenters. The average Bonchev–Trinajstić information content (AvgIpc) is 2.46. The molecule has 0 radical (unpaired) electrons. The van der Waals surface area contributed by atoms with Crippen LogP contribution in [-0.4, -0.2) is 17.2 Å². The number of hydrogen-bond acceptors (Lipinski definition) is 2. The van der Waals surface area contributed by atoms with E-state index in [-0.39, 0.29) is 6.04 Å². The third kappa shape index (κ3) is 15.2. The molecule has 3 N–H and O–H groups in total. The highest BCUT2D eigenvalue weighted by molar-refractivity contribution is 5.63. The number of rotatable bonds is 15. The van der Waals surface area contributed by atoms with Gasteiger partial charge >= 0.3 is 6.09 Å². The summed E-state index contributed by atoms with van der Waals surface area (Å²) in [4.78, 5) is 10.5. The van der Waals surface area contributed by atoms with E-state index in [2.05, 4.69) is 24.4 Å². The summed E-state index contributed by atoms with van der Waals surface area (Å²) in [6.07, 6.45) is 15.4. The summed E-state index contributed by atoms with van der Waals surface area (Å²) in [6.45, 7) is 5.96. The predicted molar refractivity (Wildman–Crippen MR) is 89.4 cm³/mol. The fourth-order valence-corrected chi connectivity index (χ4v) is 2.49. The Morgan fingerprint density at radius 1 is 1.05 bits per heavy atom. The summed E-state index contributed by atoms with van der Waals surface area (Å²) in [5.74, 6) is 0. The Labute approximate surface area is 130 Å².